The number of nitrogens with one attached hydrogen (secondary N) is 1. The number of H-pyrrole nitrogens is 1. The van der Waals surface area contributed by atoms with E-state index in [1.165, 1.54) is 6.33 Å². The highest BCUT2D eigenvalue weighted by molar-refractivity contribution is 5.77. The van der Waals surface area contributed by atoms with E-state index in [0.29, 0.717) is 22.6 Å². The zero-order valence-corrected chi connectivity index (χ0v) is 17.5. The van der Waals surface area contributed by atoms with Crippen molar-refractivity contribution in [2.24, 2.45) is 0 Å². The number of aromatic nitrogens is 7. The van der Waals surface area contributed by atoms with Gasteiger partial charge in [0.2, 0.25) is 0 Å². The van der Waals surface area contributed by atoms with Crippen LogP contribution in [0.5, 0.6) is 0 Å². The molecule has 5 aromatic rings. The van der Waals surface area contributed by atoms with Gasteiger partial charge in [-0.3, -0.25) is 9.13 Å². The lowest BCUT2D eigenvalue weighted by Crippen LogP contribution is -2.32. The van der Waals surface area contributed by atoms with Gasteiger partial charge in [0.15, 0.2) is 5.82 Å². The molecule has 6 rings (SSSR count). The molecule has 1 fully saturated rings. The lowest BCUT2D eigenvalue weighted by molar-refractivity contribution is 0.254. The maximum absolute atomic E-state index is 12.7. The summed E-state index contributed by atoms with van der Waals surface area (Å²) >= 11 is 0. The molecule has 2 aromatic carbocycles. The summed E-state index contributed by atoms with van der Waals surface area (Å²) in [6, 6.07) is 19.2. The third kappa shape index (κ3) is 3.11. The number of hydrogen-bond donors (Lipinski definition) is 1. The second kappa shape index (κ2) is 7.53. The van der Waals surface area contributed by atoms with E-state index in [0.717, 1.165) is 29.9 Å². The first-order valence-electron chi connectivity index (χ1n) is 10.6. The zero-order chi connectivity index (χ0) is 22.4. The molecular formula is C24H18N8O. The zero-order valence-electron chi connectivity index (χ0n) is 17.5. The van der Waals surface area contributed by atoms with Crippen molar-refractivity contribution in [3.63, 3.8) is 0 Å². The summed E-state index contributed by atoms with van der Waals surface area (Å²) in [4.78, 5) is 23.9. The highest BCUT2D eigenvalue weighted by atomic mass is 16.1. The van der Waals surface area contributed by atoms with Crippen LogP contribution in [-0.4, -0.2) is 34.3 Å². The number of rotatable bonds is 4. The Morgan fingerprint density at radius 1 is 1.06 bits per heavy atom. The molecule has 9 nitrogen and oxygen atoms in total. The molecule has 3 aromatic heterocycles. The molecule has 0 aliphatic heterocycles. The summed E-state index contributed by atoms with van der Waals surface area (Å²) in [5.74, 6) is 1.66. The average molecular weight is 434 g/mol. The van der Waals surface area contributed by atoms with E-state index in [1.807, 2.05) is 47.0 Å². The Labute approximate surface area is 188 Å². The van der Waals surface area contributed by atoms with Crippen LogP contribution in [0.2, 0.25) is 0 Å². The van der Waals surface area contributed by atoms with Crippen molar-refractivity contribution in [3.05, 3.63) is 89.0 Å². The summed E-state index contributed by atoms with van der Waals surface area (Å²) < 4.78 is 3.84. The molecule has 9 heteroatoms. The van der Waals surface area contributed by atoms with Crippen molar-refractivity contribution in [2.45, 2.75) is 24.8 Å². The van der Waals surface area contributed by atoms with Gasteiger partial charge >= 0.3 is 5.69 Å². The van der Waals surface area contributed by atoms with Gasteiger partial charge in [0, 0.05) is 23.8 Å². The van der Waals surface area contributed by atoms with E-state index < -0.39 is 0 Å². The van der Waals surface area contributed by atoms with Gasteiger partial charge in [-0.15, -0.1) is 10.2 Å². The SMILES string of the molecule is N#Cc1ccc2c(c1)[nH]c(=O)n2C1CC(c2nnc(-c3ccncn3)n2-c2ccccc2)C1. The van der Waals surface area contributed by atoms with Gasteiger partial charge in [0.05, 0.1) is 22.7 Å². The van der Waals surface area contributed by atoms with Crippen molar-refractivity contribution in [1.82, 2.24) is 34.3 Å². The molecule has 3 heterocycles. The second-order valence-electron chi connectivity index (χ2n) is 8.11. The lowest BCUT2D eigenvalue weighted by Gasteiger charge is -2.35. The van der Waals surface area contributed by atoms with Crippen LogP contribution in [0.4, 0.5) is 0 Å². The Balaban J connectivity index is 1.36. The van der Waals surface area contributed by atoms with E-state index in [1.54, 1.807) is 22.9 Å². The van der Waals surface area contributed by atoms with E-state index in [9.17, 15) is 4.79 Å². The van der Waals surface area contributed by atoms with Crippen LogP contribution in [0.1, 0.15) is 36.2 Å². The van der Waals surface area contributed by atoms with Gasteiger partial charge in [-0.05, 0) is 49.2 Å². The van der Waals surface area contributed by atoms with Crippen LogP contribution in [0.25, 0.3) is 28.2 Å². The van der Waals surface area contributed by atoms with Crippen LogP contribution in [0, 0.1) is 11.3 Å². The van der Waals surface area contributed by atoms with Crippen LogP contribution in [0.15, 0.2) is 71.9 Å². The van der Waals surface area contributed by atoms with E-state index >= 15 is 0 Å². The Kier molecular flexibility index (Phi) is 4.36. The van der Waals surface area contributed by atoms with Crippen LogP contribution in [0.3, 0.4) is 0 Å². The Morgan fingerprint density at radius 3 is 2.67 bits per heavy atom. The predicted octanol–water partition coefficient (Wildman–Crippen LogP) is 3.36. The topological polar surface area (TPSA) is 118 Å². The fourth-order valence-corrected chi connectivity index (χ4v) is 4.55. The molecule has 0 unspecified atom stereocenters. The van der Waals surface area contributed by atoms with Crippen LogP contribution < -0.4 is 5.69 Å². The number of para-hydroxylation sites is 1. The summed E-state index contributed by atoms with van der Waals surface area (Å²) in [6.45, 7) is 0. The minimum absolute atomic E-state index is 0.0487. The molecular weight excluding hydrogens is 416 g/mol. The maximum Gasteiger partial charge on any atom is 0.326 e. The molecule has 1 saturated carbocycles. The van der Waals surface area contributed by atoms with Gasteiger partial charge < -0.3 is 4.98 Å². The Hall–Kier alpha value is -4.58. The van der Waals surface area contributed by atoms with Gasteiger partial charge in [0.25, 0.3) is 0 Å². The van der Waals surface area contributed by atoms with Crippen molar-refractivity contribution < 1.29 is 0 Å². The highest BCUT2D eigenvalue weighted by Gasteiger charge is 2.37. The normalized spacial score (nSPS) is 17.5. The standard InChI is InChI=1S/C24H18N8O/c25-13-15-6-7-21-20(10-15)28-24(33)31(21)18-11-16(12-18)22-29-30-23(19-8-9-26-14-27-19)32(22)17-4-2-1-3-5-17/h1-10,14,16,18H,11-12H2,(H,28,33). The second-order valence-corrected chi connectivity index (χ2v) is 8.11. The molecule has 160 valence electrons. The van der Waals surface area contributed by atoms with Crippen LogP contribution in [-0.2, 0) is 0 Å². The van der Waals surface area contributed by atoms with Crippen molar-refractivity contribution in [2.75, 3.05) is 0 Å². The molecule has 1 aliphatic rings. The van der Waals surface area contributed by atoms with E-state index in [2.05, 4.69) is 31.2 Å². The number of imidazole rings is 1. The van der Waals surface area contributed by atoms with Gasteiger partial charge in [-0.2, -0.15) is 5.26 Å². The number of fused-ring (bicyclic) bond motifs is 1. The first-order chi connectivity index (χ1) is 16.2. The van der Waals surface area contributed by atoms with Crippen molar-refractivity contribution in [3.8, 4) is 23.3 Å². The fourth-order valence-electron chi connectivity index (χ4n) is 4.55. The number of hydrogen-bond acceptors (Lipinski definition) is 6. The van der Waals surface area contributed by atoms with Crippen LogP contribution >= 0.6 is 0 Å². The average Bonchev–Trinajstić information content (AvgIpc) is 3.40. The molecule has 0 amide bonds. The van der Waals surface area contributed by atoms with E-state index in [-0.39, 0.29) is 17.6 Å². The fraction of sp³-hybridized carbons (Fsp3) is 0.167. The number of benzene rings is 2. The van der Waals surface area contributed by atoms with Crippen molar-refractivity contribution in [1.29, 1.82) is 5.26 Å². The highest BCUT2D eigenvalue weighted by Crippen LogP contribution is 2.45. The van der Waals surface area contributed by atoms with Gasteiger partial charge in [-0.25, -0.2) is 14.8 Å². The largest absolute Gasteiger partial charge is 0.326 e. The Morgan fingerprint density at radius 2 is 1.91 bits per heavy atom. The monoisotopic (exact) mass is 434 g/mol. The Bertz CT molecular complexity index is 1550. The smallest absolute Gasteiger partial charge is 0.305 e. The third-order valence-electron chi connectivity index (χ3n) is 6.20. The molecule has 0 spiro atoms. The molecule has 0 bridgehead atoms. The van der Waals surface area contributed by atoms with Gasteiger partial charge in [0.1, 0.15) is 17.8 Å². The first-order valence-corrected chi connectivity index (χ1v) is 10.6. The number of nitrogens with zero attached hydrogens (tertiary/aromatic N) is 7. The van der Waals surface area contributed by atoms with E-state index in [4.69, 9.17) is 5.26 Å². The minimum Gasteiger partial charge on any atom is -0.305 e. The first kappa shape index (κ1) is 19.1. The lowest BCUT2D eigenvalue weighted by atomic mass is 9.79. The molecule has 33 heavy (non-hydrogen) atoms. The summed E-state index contributed by atoms with van der Waals surface area (Å²) in [5, 5.41) is 18.1. The van der Waals surface area contributed by atoms with Gasteiger partial charge in [-0.1, -0.05) is 18.2 Å². The quantitative estimate of drug-likeness (QED) is 0.463. The number of aromatic amines is 1. The molecule has 0 radical (unpaired) electrons. The summed E-state index contributed by atoms with van der Waals surface area (Å²) in [6.07, 6.45) is 4.72. The molecule has 1 aliphatic carbocycles. The van der Waals surface area contributed by atoms with Crippen molar-refractivity contribution >= 4 is 11.0 Å². The summed E-state index contributed by atoms with van der Waals surface area (Å²) in [7, 11) is 0. The predicted molar refractivity (Wildman–Crippen MR) is 121 cm³/mol. The molecule has 0 saturated heterocycles. The minimum atomic E-state index is -0.158. The number of nitriles is 1. The summed E-state index contributed by atoms with van der Waals surface area (Å²) in [5.41, 5.74) is 3.52. The maximum atomic E-state index is 12.7. The molecule has 0 atom stereocenters. The molecule has 1 N–H and O–H groups in total. The third-order valence-corrected chi connectivity index (χ3v) is 6.20.